The van der Waals surface area contributed by atoms with Crippen LogP contribution in [0.1, 0.15) is 62.3 Å². The van der Waals surface area contributed by atoms with E-state index in [2.05, 4.69) is 39.0 Å². The number of benzene rings is 3. The summed E-state index contributed by atoms with van der Waals surface area (Å²) >= 11 is 6.80. The highest BCUT2D eigenvalue weighted by molar-refractivity contribution is 6.36. The summed E-state index contributed by atoms with van der Waals surface area (Å²) in [6.45, 7) is 8.61. The summed E-state index contributed by atoms with van der Waals surface area (Å²) in [6, 6.07) is 23.0. The zero-order valence-corrected chi connectivity index (χ0v) is 33.6. The maximum Gasteiger partial charge on any atom is 0.410 e. The molecule has 1 amide bonds. The van der Waals surface area contributed by atoms with Crippen LogP contribution in [-0.4, -0.2) is 109 Å². The lowest BCUT2D eigenvalue weighted by Crippen LogP contribution is -2.56. The molecule has 3 atom stereocenters. The highest BCUT2D eigenvalue weighted by Gasteiger charge is 2.45. The van der Waals surface area contributed by atoms with Gasteiger partial charge in [-0.25, -0.2) is 4.79 Å². The molecule has 12 nitrogen and oxygen atoms in total. The largest absolute Gasteiger partial charge is 0.466 e. The van der Waals surface area contributed by atoms with Gasteiger partial charge in [0, 0.05) is 55.5 Å². The smallest absolute Gasteiger partial charge is 0.410 e. The third-order valence-corrected chi connectivity index (χ3v) is 12.1. The van der Waals surface area contributed by atoms with Crippen LogP contribution in [-0.2, 0) is 38.6 Å². The van der Waals surface area contributed by atoms with Crippen molar-refractivity contribution >= 4 is 45.9 Å². The number of carbonyl (C=O) groups excluding carboxylic acids is 2. The van der Waals surface area contributed by atoms with Gasteiger partial charge >= 0.3 is 18.1 Å². The van der Waals surface area contributed by atoms with Gasteiger partial charge in [-0.05, 0) is 75.1 Å². The number of esters is 1. The second-order valence-electron chi connectivity index (χ2n) is 15.4. The molecule has 2 bridgehead atoms. The Hall–Kier alpha value is -4.65. The van der Waals surface area contributed by atoms with Gasteiger partial charge in [0.15, 0.2) is 0 Å². The fourth-order valence-electron chi connectivity index (χ4n) is 9.04. The Balaban J connectivity index is 0.978. The van der Waals surface area contributed by atoms with Crippen molar-refractivity contribution in [1.82, 2.24) is 19.8 Å². The minimum absolute atomic E-state index is 0.0427. The van der Waals surface area contributed by atoms with Gasteiger partial charge in [0.1, 0.15) is 19.0 Å². The quantitative estimate of drug-likeness (QED) is 0.0914. The number of amides is 1. The summed E-state index contributed by atoms with van der Waals surface area (Å²) in [7, 11) is 0. The predicted octanol–water partition coefficient (Wildman–Crippen LogP) is 7.04. The predicted molar refractivity (Wildman–Crippen MR) is 220 cm³/mol. The minimum atomic E-state index is -0.242. The normalized spacial score (nSPS) is 20.5. The molecule has 5 heterocycles. The lowest BCUT2D eigenvalue weighted by molar-refractivity contribution is -0.144. The summed E-state index contributed by atoms with van der Waals surface area (Å²) in [5, 5.41) is 2.90. The van der Waals surface area contributed by atoms with Gasteiger partial charge in [-0.1, -0.05) is 66.2 Å². The van der Waals surface area contributed by atoms with Crippen molar-refractivity contribution in [2.75, 3.05) is 69.0 Å². The van der Waals surface area contributed by atoms with E-state index in [4.69, 9.17) is 40.5 Å². The van der Waals surface area contributed by atoms with Gasteiger partial charge in [0.25, 0.3) is 0 Å². The highest BCUT2D eigenvalue weighted by atomic mass is 35.5. The molecule has 0 spiro atoms. The van der Waals surface area contributed by atoms with Crippen LogP contribution in [0.2, 0.25) is 5.02 Å². The number of anilines is 2. The summed E-state index contributed by atoms with van der Waals surface area (Å²) in [5.41, 5.74) is 4.19. The number of rotatable bonds is 15. The van der Waals surface area contributed by atoms with Gasteiger partial charge in [-0.2, -0.15) is 9.97 Å². The van der Waals surface area contributed by atoms with Crippen LogP contribution >= 0.6 is 11.6 Å². The molecule has 4 aliphatic heterocycles. The minimum Gasteiger partial charge on any atom is -0.466 e. The van der Waals surface area contributed by atoms with Gasteiger partial charge in [-0.3, -0.25) is 14.6 Å². The third kappa shape index (κ3) is 9.08. The average Bonchev–Trinajstić information content (AvgIpc) is 3.80. The molecule has 302 valence electrons. The fourth-order valence-corrected chi connectivity index (χ4v) is 9.32. The maximum atomic E-state index is 13.4. The molecule has 0 aliphatic carbocycles. The standard InChI is InChI=1S/C44H53ClN6O6/c1-2-55-40(52)20-25-54-24-9-22-48-21-8-14-35(48)30-56-43-46-38-28-49(39-16-7-13-32-12-6-15-37(45)41(32)39)23-19-36(38)42(47-43)50-26-33-17-18-34(27-50)51(33)44(53)57-29-31-10-4-3-5-11-31/h3-7,10-13,15-16,33-35H,2,8-9,14,17-30H2,1H3/t33?,34?,35-/m0/s1. The van der Waals surface area contributed by atoms with Crippen molar-refractivity contribution in [3.8, 4) is 6.01 Å². The fraction of sp³-hybridized carbons (Fsp3) is 0.500. The molecule has 4 aromatic rings. The van der Waals surface area contributed by atoms with Crippen LogP contribution in [0.25, 0.3) is 10.8 Å². The van der Waals surface area contributed by atoms with E-state index in [-0.39, 0.29) is 43.2 Å². The van der Waals surface area contributed by atoms with E-state index in [1.165, 1.54) is 0 Å². The Kier molecular flexibility index (Phi) is 12.6. The van der Waals surface area contributed by atoms with Crippen molar-refractivity contribution < 1.29 is 28.5 Å². The Morgan fingerprint density at radius 2 is 1.68 bits per heavy atom. The van der Waals surface area contributed by atoms with Crippen LogP contribution in [0.5, 0.6) is 6.01 Å². The first-order valence-electron chi connectivity index (χ1n) is 20.6. The molecule has 4 aliphatic rings. The van der Waals surface area contributed by atoms with E-state index in [0.29, 0.717) is 52.1 Å². The van der Waals surface area contributed by atoms with Gasteiger partial charge < -0.3 is 28.7 Å². The first-order valence-corrected chi connectivity index (χ1v) is 21.0. The lowest BCUT2D eigenvalue weighted by Gasteiger charge is -2.42. The van der Waals surface area contributed by atoms with E-state index in [0.717, 1.165) is 102 Å². The van der Waals surface area contributed by atoms with E-state index >= 15 is 0 Å². The Morgan fingerprint density at radius 3 is 2.49 bits per heavy atom. The number of hydrogen-bond acceptors (Lipinski definition) is 11. The molecule has 0 saturated carbocycles. The highest BCUT2D eigenvalue weighted by Crippen LogP contribution is 2.39. The molecule has 3 saturated heterocycles. The van der Waals surface area contributed by atoms with Crippen LogP contribution in [0, 0.1) is 0 Å². The first kappa shape index (κ1) is 39.2. The summed E-state index contributed by atoms with van der Waals surface area (Å²) in [4.78, 5) is 44.5. The Labute approximate surface area is 340 Å². The molecule has 0 N–H and O–H groups in total. The molecular formula is C44H53ClN6O6. The van der Waals surface area contributed by atoms with Crippen LogP contribution in [0.3, 0.4) is 0 Å². The third-order valence-electron chi connectivity index (χ3n) is 11.8. The molecule has 3 fully saturated rings. The number of likely N-dealkylation sites (tertiary alicyclic amines) is 1. The van der Waals surface area contributed by atoms with Crippen molar-refractivity contribution in [2.45, 2.75) is 83.1 Å². The number of aromatic nitrogens is 2. The van der Waals surface area contributed by atoms with Crippen LogP contribution in [0.4, 0.5) is 16.3 Å². The van der Waals surface area contributed by atoms with Crippen molar-refractivity contribution in [3.63, 3.8) is 0 Å². The number of piperazine rings is 1. The monoisotopic (exact) mass is 796 g/mol. The maximum absolute atomic E-state index is 13.4. The van der Waals surface area contributed by atoms with Gasteiger partial charge in [0.05, 0.1) is 49.0 Å². The number of nitrogens with zero attached hydrogens (tertiary/aromatic N) is 6. The number of ether oxygens (including phenoxy) is 4. The number of hydrogen-bond donors (Lipinski definition) is 0. The second-order valence-corrected chi connectivity index (χ2v) is 15.9. The molecule has 0 radical (unpaired) electrons. The van der Waals surface area contributed by atoms with E-state index in [1.54, 1.807) is 0 Å². The van der Waals surface area contributed by atoms with E-state index < -0.39 is 0 Å². The van der Waals surface area contributed by atoms with Crippen molar-refractivity contribution in [3.05, 3.63) is 88.6 Å². The molecule has 8 rings (SSSR count). The number of carbonyl (C=O) groups is 2. The Bertz CT molecular complexity index is 2000. The first-order chi connectivity index (χ1) is 27.9. The zero-order chi connectivity index (χ0) is 39.1. The van der Waals surface area contributed by atoms with Crippen molar-refractivity contribution in [1.29, 1.82) is 0 Å². The summed E-state index contributed by atoms with van der Waals surface area (Å²) in [6.07, 6.45) is 5.71. The molecule has 1 aromatic heterocycles. The number of fused-ring (bicyclic) bond motifs is 4. The topological polar surface area (TPSA) is 110 Å². The van der Waals surface area contributed by atoms with Crippen LogP contribution in [0.15, 0.2) is 66.7 Å². The number of halogens is 1. The van der Waals surface area contributed by atoms with Gasteiger partial charge in [-0.15, -0.1) is 0 Å². The van der Waals surface area contributed by atoms with E-state index in [9.17, 15) is 9.59 Å². The molecule has 13 heteroatoms. The zero-order valence-electron chi connectivity index (χ0n) is 32.8. The average molecular weight is 797 g/mol. The van der Waals surface area contributed by atoms with Gasteiger partial charge in [0.2, 0.25) is 0 Å². The SMILES string of the molecule is CCOC(=O)CCOCCCN1CCC[C@H]1COc1nc2c(c(N3CC4CCC(C3)N4C(=O)OCc3ccccc3)n1)CCN(c1cccc3cccc(Cl)c13)C2. The molecule has 2 unspecified atom stereocenters. The van der Waals surface area contributed by atoms with Crippen molar-refractivity contribution in [2.24, 2.45) is 0 Å². The molecule has 3 aromatic carbocycles. The summed E-state index contributed by atoms with van der Waals surface area (Å²) < 4.78 is 23.1. The summed E-state index contributed by atoms with van der Waals surface area (Å²) in [5.74, 6) is 0.698. The lowest BCUT2D eigenvalue weighted by atomic mass is 10.0. The second kappa shape index (κ2) is 18.3. The van der Waals surface area contributed by atoms with E-state index in [1.807, 2.05) is 54.3 Å². The molecular weight excluding hydrogens is 744 g/mol. The van der Waals surface area contributed by atoms with Crippen LogP contribution < -0.4 is 14.5 Å². The Morgan fingerprint density at radius 1 is 0.877 bits per heavy atom. The molecule has 57 heavy (non-hydrogen) atoms.